The minimum atomic E-state index is -0.636. The van der Waals surface area contributed by atoms with Crippen molar-refractivity contribution in [3.05, 3.63) is 120 Å². The molecule has 0 bridgehead atoms. The lowest BCUT2D eigenvalue weighted by molar-refractivity contribution is -0.384. The van der Waals surface area contributed by atoms with Crippen LogP contribution in [0.4, 0.5) is 10.5 Å². The molecule has 2 aromatic carbocycles. The predicted molar refractivity (Wildman–Crippen MR) is 134 cm³/mol. The first-order valence-electron chi connectivity index (χ1n) is 10.9. The first-order chi connectivity index (χ1) is 17.4. The number of nitrogens with one attached hydrogen (secondary N) is 2. The smallest absolute Gasteiger partial charge is 0.303 e. The number of nitrogens with zero attached hydrogens (tertiary/aromatic N) is 3. The summed E-state index contributed by atoms with van der Waals surface area (Å²) in [5.41, 5.74) is 1.61. The van der Waals surface area contributed by atoms with Crippen molar-refractivity contribution in [2.45, 2.75) is 13.0 Å². The van der Waals surface area contributed by atoms with Crippen molar-refractivity contribution in [1.29, 1.82) is 0 Å². The third-order valence-corrected chi connectivity index (χ3v) is 6.57. The number of hydrogen-bond donors (Lipinski definition) is 2. The van der Waals surface area contributed by atoms with Crippen LogP contribution in [-0.4, -0.2) is 31.5 Å². The number of urea groups is 1. The van der Waals surface area contributed by atoms with Gasteiger partial charge in [0.2, 0.25) is 0 Å². The van der Waals surface area contributed by atoms with Gasteiger partial charge in [0.25, 0.3) is 17.2 Å². The Morgan fingerprint density at radius 2 is 1.72 bits per heavy atom. The van der Waals surface area contributed by atoms with Crippen molar-refractivity contribution in [2.75, 3.05) is 0 Å². The molecule has 1 aliphatic rings. The van der Waals surface area contributed by atoms with Gasteiger partial charge in [-0.1, -0.05) is 36.4 Å². The minimum absolute atomic E-state index is 0.0225. The highest BCUT2D eigenvalue weighted by atomic mass is 32.1. The first-order valence-corrected chi connectivity index (χ1v) is 11.8. The Balaban J connectivity index is 1.47. The molecule has 0 spiro atoms. The van der Waals surface area contributed by atoms with Crippen molar-refractivity contribution in [3.63, 3.8) is 0 Å². The molecule has 4 aromatic rings. The average molecular weight is 502 g/mol. The summed E-state index contributed by atoms with van der Waals surface area (Å²) in [6.45, 7) is -0.0660. The number of para-hydroxylation sites is 1. The standard InChI is InChI=1S/C25H19N5O5S/c31-23-20(21(13-19-7-4-12-36-19)27-29(23)17-5-2-1-3-6-17)14-22-24(32)28(25(33)26-22)15-16-8-10-18(11-9-16)30(34)35/h1-12,14,27H,13,15H2,(H,26,33)/b22-14-. The van der Waals surface area contributed by atoms with E-state index >= 15 is 0 Å². The highest BCUT2D eigenvalue weighted by Crippen LogP contribution is 2.21. The van der Waals surface area contributed by atoms with Crippen LogP contribution in [0.1, 0.15) is 21.7 Å². The minimum Gasteiger partial charge on any atom is -0.303 e. The molecular weight excluding hydrogens is 482 g/mol. The number of imide groups is 1. The summed E-state index contributed by atoms with van der Waals surface area (Å²) < 4.78 is 1.41. The second-order valence-corrected chi connectivity index (χ2v) is 9.07. The molecule has 0 atom stereocenters. The topological polar surface area (TPSA) is 130 Å². The van der Waals surface area contributed by atoms with E-state index in [0.717, 1.165) is 9.78 Å². The van der Waals surface area contributed by atoms with Crippen LogP contribution in [0.25, 0.3) is 11.8 Å². The van der Waals surface area contributed by atoms with Crippen LogP contribution in [0.3, 0.4) is 0 Å². The molecule has 3 amide bonds. The molecule has 36 heavy (non-hydrogen) atoms. The van der Waals surface area contributed by atoms with Crippen molar-refractivity contribution >= 4 is 35.0 Å². The zero-order chi connectivity index (χ0) is 25.2. The Bertz CT molecular complexity index is 1540. The summed E-state index contributed by atoms with van der Waals surface area (Å²) in [7, 11) is 0. The van der Waals surface area contributed by atoms with E-state index in [2.05, 4.69) is 10.4 Å². The number of nitro groups is 1. The van der Waals surface area contributed by atoms with Crippen LogP contribution < -0.4 is 10.9 Å². The summed E-state index contributed by atoms with van der Waals surface area (Å²) in [4.78, 5) is 51.4. The average Bonchev–Trinajstić information content (AvgIpc) is 3.57. The summed E-state index contributed by atoms with van der Waals surface area (Å²) in [6, 6.07) is 17.9. The lowest BCUT2D eigenvalue weighted by Gasteiger charge is -2.11. The molecule has 1 aliphatic heterocycles. The third-order valence-electron chi connectivity index (χ3n) is 5.69. The summed E-state index contributed by atoms with van der Waals surface area (Å²) in [6.07, 6.45) is 1.85. The fourth-order valence-electron chi connectivity index (χ4n) is 3.89. The fourth-order valence-corrected chi connectivity index (χ4v) is 4.61. The van der Waals surface area contributed by atoms with Crippen molar-refractivity contribution in [1.82, 2.24) is 20.0 Å². The lowest BCUT2D eigenvalue weighted by atomic mass is 10.1. The number of amides is 3. The van der Waals surface area contributed by atoms with Crippen LogP contribution in [-0.2, 0) is 17.8 Å². The highest BCUT2D eigenvalue weighted by molar-refractivity contribution is 7.09. The summed E-state index contributed by atoms with van der Waals surface area (Å²) in [5, 5.41) is 18.5. The van der Waals surface area contributed by atoms with E-state index in [0.29, 0.717) is 23.4 Å². The van der Waals surface area contributed by atoms with Gasteiger partial charge >= 0.3 is 6.03 Å². The number of benzene rings is 2. The summed E-state index contributed by atoms with van der Waals surface area (Å²) >= 11 is 1.55. The van der Waals surface area contributed by atoms with Crippen LogP contribution in [0.15, 0.2) is 82.6 Å². The number of H-pyrrole nitrogens is 1. The van der Waals surface area contributed by atoms with Gasteiger partial charge in [-0.3, -0.25) is 29.7 Å². The van der Waals surface area contributed by atoms with Gasteiger partial charge in [0, 0.05) is 23.4 Å². The van der Waals surface area contributed by atoms with Gasteiger partial charge in [0.15, 0.2) is 0 Å². The number of aromatic nitrogens is 2. The van der Waals surface area contributed by atoms with Gasteiger partial charge in [-0.15, -0.1) is 11.3 Å². The number of carbonyl (C=O) groups is 2. The number of rotatable bonds is 7. The maximum atomic E-state index is 13.4. The Morgan fingerprint density at radius 3 is 2.39 bits per heavy atom. The zero-order valence-electron chi connectivity index (χ0n) is 18.7. The van der Waals surface area contributed by atoms with Crippen LogP contribution in [0.2, 0.25) is 0 Å². The van der Waals surface area contributed by atoms with E-state index in [1.807, 2.05) is 35.7 Å². The van der Waals surface area contributed by atoms with Gasteiger partial charge in [-0.05, 0) is 35.2 Å². The second kappa shape index (κ2) is 9.47. The van der Waals surface area contributed by atoms with E-state index in [1.165, 1.54) is 35.0 Å². The third kappa shape index (κ3) is 4.46. The van der Waals surface area contributed by atoms with Crippen molar-refractivity contribution in [3.8, 4) is 5.69 Å². The van der Waals surface area contributed by atoms with E-state index in [1.54, 1.807) is 23.5 Å². The molecule has 1 saturated heterocycles. The normalized spacial score (nSPS) is 14.4. The molecular formula is C25H19N5O5S. The number of hydrogen-bond acceptors (Lipinski definition) is 6. The van der Waals surface area contributed by atoms with Crippen LogP contribution >= 0.6 is 11.3 Å². The molecule has 5 rings (SSSR count). The maximum Gasteiger partial charge on any atom is 0.329 e. The van der Waals surface area contributed by atoms with Crippen LogP contribution in [0.5, 0.6) is 0 Å². The number of non-ortho nitro benzene ring substituents is 1. The van der Waals surface area contributed by atoms with Crippen molar-refractivity contribution in [2.24, 2.45) is 0 Å². The molecule has 3 heterocycles. The van der Waals surface area contributed by atoms with Gasteiger partial charge in [-0.25, -0.2) is 9.48 Å². The molecule has 11 heteroatoms. The van der Waals surface area contributed by atoms with Gasteiger partial charge < -0.3 is 5.32 Å². The Kier molecular flexibility index (Phi) is 6.05. The zero-order valence-corrected chi connectivity index (χ0v) is 19.5. The Labute approximate surface area is 208 Å². The lowest BCUT2D eigenvalue weighted by Crippen LogP contribution is -2.30. The van der Waals surface area contributed by atoms with Crippen molar-refractivity contribution < 1.29 is 14.5 Å². The van der Waals surface area contributed by atoms with E-state index in [4.69, 9.17) is 0 Å². The highest BCUT2D eigenvalue weighted by Gasteiger charge is 2.34. The second-order valence-electron chi connectivity index (χ2n) is 8.04. The van der Waals surface area contributed by atoms with Gasteiger partial charge in [0.05, 0.1) is 28.4 Å². The molecule has 180 valence electrons. The molecule has 2 N–H and O–H groups in total. The Morgan fingerprint density at radius 1 is 0.972 bits per heavy atom. The molecule has 2 aromatic heterocycles. The van der Waals surface area contributed by atoms with Crippen LogP contribution in [0, 0.1) is 10.1 Å². The predicted octanol–water partition coefficient (Wildman–Crippen LogP) is 3.82. The molecule has 0 saturated carbocycles. The van der Waals surface area contributed by atoms with Gasteiger partial charge in [0.1, 0.15) is 5.70 Å². The molecule has 10 nitrogen and oxygen atoms in total. The molecule has 0 radical (unpaired) electrons. The first kappa shape index (κ1) is 23.0. The quantitative estimate of drug-likeness (QED) is 0.172. The largest absolute Gasteiger partial charge is 0.329 e. The number of nitro benzene ring substituents is 1. The maximum absolute atomic E-state index is 13.4. The molecule has 0 aliphatic carbocycles. The van der Waals surface area contributed by atoms with E-state index in [9.17, 15) is 24.5 Å². The van der Waals surface area contributed by atoms with E-state index in [-0.39, 0.29) is 29.1 Å². The SMILES string of the molecule is O=C1N/C(=C\c2c(Cc3cccs3)[nH]n(-c3ccccc3)c2=O)C(=O)N1Cc1ccc([N+](=O)[O-])cc1. The fraction of sp³-hybridized carbons (Fsp3) is 0.0800. The Hall–Kier alpha value is -4.77. The molecule has 1 fully saturated rings. The number of thiophene rings is 1. The number of aromatic amines is 1. The van der Waals surface area contributed by atoms with E-state index < -0.39 is 16.9 Å². The molecule has 0 unspecified atom stereocenters. The number of carbonyl (C=O) groups excluding carboxylic acids is 2. The summed E-state index contributed by atoms with van der Waals surface area (Å²) in [5.74, 6) is -0.590. The van der Waals surface area contributed by atoms with Gasteiger partial charge in [-0.2, -0.15) is 0 Å². The monoisotopic (exact) mass is 501 g/mol.